The van der Waals surface area contributed by atoms with Crippen molar-refractivity contribution in [2.45, 2.75) is 18.6 Å². The van der Waals surface area contributed by atoms with Crippen molar-refractivity contribution in [2.75, 3.05) is 18.1 Å². The van der Waals surface area contributed by atoms with Crippen LogP contribution in [0.4, 0.5) is 5.69 Å². The van der Waals surface area contributed by atoms with Gasteiger partial charge >= 0.3 is 0 Å². The lowest BCUT2D eigenvalue weighted by Gasteiger charge is -2.13. The molecule has 0 heterocycles. The third-order valence-electron chi connectivity index (χ3n) is 2.63. The first-order chi connectivity index (χ1) is 8.02. The van der Waals surface area contributed by atoms with Crippen LogP contribution in [0.15, 0.2) is 24.3 Å². The molecule has 0 radical (unpaired) electrons. The largest absolute Gasteiger partial charge is 0.389 e. The number of para-hydroxylation sites is 1. The predicted octanol–water partition coefficient (Wildman–Crippen LogP) is 1.89. The van der Waals surface area contributed by atoms with Crippen molar-refractivity contribution in [1.82, 2.24) is 0 Å². The Labute approximate surface area is 110 Å². The average molecular weight is 270 g/mol. The Balaban J connectivity index is 2.58. The summed E-state index contributed by atoms with van der Waals surface area (Å²) < 4.78 is 11.2. The number of benzene rings is 1. The van der Waals surface area contributed by atoms with Crippen LogP contribution >= 0.6 is 12.2 Å². The Hall–Kier alpha value is -0.940. The van der Waals surface area contributed by atoms with Gasteiger partial charge in [0.25, 0.3) is 0 Å². The molecule has 0 bridgehead atoms. The Morgan fingerprint density at radius 2 is 2.18 bits per heavy atom. The van der Waals surface area contributed by atoms with Gasteiger partial charge in [0.1, 0.15) is 4.99 Å². The van der Waals surface area contributed by atoms with Crippen molar-refractivity contribution >= 4 is 33.7 Å². The van der Waals surface area contributed by atoms with Crippen molar-refractivity contribution in [1.29, 1.82) is 0 Å². The number of anilines is 1. The first-order valence-corrected chi connectivity index (χ1v) is 7.50. The van der Waals surface area contributed by atoms with Gasteiger partial charge in [0.05, 0.1) is 0 Å². The van der Waals surface area contributed by atoms with Crippen molar-refractivity contribution in [3.8, 4) is 0 Å². The zero-order chi connectivity index (χ0) is 12.8. The summed E-state index contributed by atoms with van der Waals surface area (Å²) in [5, 5.41) is 3.47. The second-order valence-electron chi connectivity index (χ2n) is 3.93. The van der Waals surface area contributed by atoms with Gasteiger partial charge in [0, 0.05) is 40.1 Å². The number of rotatable bonds is 6. The molecule has 94 valence electrons. The lowest BCUT2D eigenvalue weighted by Crippen LogP contribution is -2.17. The molecule has 1 aromatic rings. The van der Waals surface area contributed by atoms with Crippen LogP contribution in [0.25, 0.3) is 0 Å². The first kappa shape index (κ1) is 14.1. The fraction of sp³-hybridized carbons (Fsp3) is 0.417. The van der Waals surface area contributed by atoms with Crippen molar-refractivity contribution in [2.24, 2.45) is 5.73 Å². The number of hydrogen-bond donors (Lipinski definition) is 2. The second kappa shape index (κ2) is 6.71. The maximum absolute atomic E-state index is 11.2. The molecule has 1 aromatic carbocycles. The van der Waals surface area contributed by atoms with Gasteiger partial charge in [0.15, 0.2) is 0 Å². The maximum atomic E-state index is 11.2. The molecule has 3 N–H and O–H groups in total. The highest BCUT2D eigenvalue weighted by molar-refractivity contribution is 7.84. The van der Waals surface area contributed by atoms with E-state index < -0.39 is 10.8 Å². The highest BCUT2D eigenvalue weighted by Crippen LogP contribution is 2.15. The Morgan fingerprint density at radius 3 is 2.76 bits per heavy atom. The summed E-state index contributed by atoms with van der Waals surface area (Å²) in [6.07, 6.45) is 2.59. The summed E-state index contributed by atoms with van der Waals surface area (Å²) in [4.78, 5) is 0.389. The number of nitrogens with two attached hydrogens (primary N) is 1. The van der Waals surface area contributed by atoms with Gasteiger partial charge in [-0.05, 0) is 18.6 Å². The minimum Gasteiger partial charge on any atom is -0.389 e. The molecule has 17 heavy (non-hydrogen) atoms. The lowest BCUT2D eigenvalue weighted by molar-refractivity contribution is 0.672. The minimum atomic E-state index is -0.773. The van der Waals surface area contributed by atoms with E-state index in [1.54, 1.807) is 6.26 Å². The molecule has 0 fully saturated rings. The van der Waals surface area contributed by atoms with Gasteiger partial charge in [-0.25, -0.2) is 0 Å². The zero-order valence-corrected chi connectivity index (χ0v) is 11.7. The standard InChI is InChI=1S/C12H18N2OS2/c1-9(17(2)15)7-8-14-11-6-4-3-5-10(11)12(13)16/h3-6,9,14H,7-8H2,1-2H3,(H2,13,16). The molecule has 1 rings (SSSR count). The molecule has 0 aliphatic rings. The maximum Gasteiger partial charge on any atom is 0.106 e. The molecular weight excluding hydrogens is 252 g/mol. The smallest absolute Gasteiger partial charge is 0.106 e. The van der Waals surface area contributed by atoms with E-state index in [0.29, 0.717) is 4.99 Å². The third kappa shape index (κ3) is 4.44. The van der Waals surface area contributed by atoms with Crippen LogP contribution in [0.2, 0.25) is 0 Å². The van der Waals surface area contributed by atoms with Crippen molar-refractivity contribution in [3.05, 3.63) is 29.8 Å². The second-order valence-corrected chi connectivity index (χ2v) is 6.18. The van der Waals surface area contributed by atoms with E-state index in [0.717, 1.165) is 24.2 Å². The van der Waals surface area contributed by atoms with E-state index in [2.05, 4.69) is 5.32 Å². The van der Waals surface area contributed by atoms with Gasteiger partial charge in [-0.1, -0.05) is 31.3 Å². The fourth-order valence-corrected chi connectivity index (χ4v) is 2.06. The minimum absolute atomic E-state index is 0.194. The van der Waals surface area contributed by atoms with Crippen molar-refractivity contribution in [3.63, 3.8) is 0 Å². The van der Waals surface area contributed by atoms with E-state index in [9.17, 15) is 4.21 Å². The zero-order valence-electron chi connectivity index (χ0n) is 10.1. The van der Waals surface area contributed by atoms with E-state index in [1.165, 1.54) is 0 Å². The number of nitrogens with one attached hydrogen (secondary N) is 1. The quantitative estimate of drug-likeness (QED) is 0.775. The van der Waals surface area contributed by atoms with E-state index in [-0.39, 0.29) is 5.25 Å². The van der Waals surface area contributed by atoms with Crippen LogP contribution in [-0.4, -0.2) is 27.2 Å². The van der Waals surface area contributed by atoms with Crippen molar-refractivity contribution < 1.29 is 4.21 Å². The van der Waals surface area contributed by atoms with Crippen LogP contribution in [0, 0.1) is 0 Å². The van der Waals surface area contributed by atoms with E-state index in [4.69, 9.17) is 18.0 Å². The molecule has 0 spiro atoms. The van der Waals surface area contributed by atoms with Crippen LogP contribution in [0.3, 0.4) is 0 Å². The van der Waals surface area contributed by atoms with E-state index in [1.807, 2.05) is 31.2 Å². The van der Waals surface area contributed by atoms with Gasteiger partial charge in [-0.2, -0.15) is 0 Å². The molecule has 2 unspecified atom stereocenters. The normalized spacial score (nSPS) is 14.0. The Bertz CT molecular complexity index is 421. The molecule has 3 nitrogen and oxygen atoms in total. The molecule has 0 amide bonds. The molecule has 0 aromatic heterocycles. The Kier molecular flexibility index (Phi) is 5.58. The molecule has 0 aliphatic heterocycles. The summed E-state index contributed by atoms with van der Waals surface area (Å²) in [6.45, 7) is 2.75. The number of hydrogen-bond acceptors (Lipinski definition) is 3. The van der Waals surface area contributed by atoms with E-state index >= 15 is 0 Å². The monoisotopic (exact) mass is 270 g/mol. The van der Waals surface area contributed by atoms with Gasteiger partial charge < -0.3 is 11.1 Å². The Morgan fingerprint density at radius 1 is 1.53 bits per heavy atom. The van der Waals surface area contributed by atoms with Crippen LogP contribution in [-0.2, 0) is 10.8 Å². The molecule has 0 saturated heterocycles. The highest BCUT2D eigenvalue weighted by atomic mass is 32.2. The van der Waals surface area contributed by atoms with Gasteiger partial charge in [0.2, 0.25) is 0 Å². The molecular formula is C12H18N2OS2. The lowest BCUT2D eigenvalue weighted by atomic mass is 10.1. The molecule has 0 saturated carbocycles. The molecule has 5 heteroatoms. The predicted molar refractivity (Wildman–Crippen MR) is 79.0 cm³/mol. The molecule has 2 atom stereocenters. The molecule has 0 aliphatic carbocycles. The topological polar surface area (TPSA) is 55.1 Å². The fourth-order valence-electron chi connectivity index (χ4n) is 1.43. The summed E-state index contributed by atoms with van der Waals surface area (Å²) >= 11 is 4.98. The van der Waals surface area contributed by atoms with Crippen LogP contribution in [0.5, 0.6) is 0 Å². The van der Waals surface area contributed by atoms with Gasteiger partial charge in [-0.15, -0.1) is 0 Å². The summed E-state index contributed by atoms with van der Waals surface area (Å²) in [7, 11) is -0.773. The first-order valence-electron chi connectivity index (χ1n) is 5.47. The number of thiocarbonyl (C=S) groups is 1. The third-order valence-corrected chi connectivity index (χ3v) is 4.21. The summed E-state index contributed by atoms with van der Waals surface area (Å²) in [5.41, 5.74) is 7.43. The average Bonchev–Trinajstić information content (AvgIpc) is 2.29. The summed E-state index contributed by atoms with van der Waals surface area (Å²) in [6, 6.07) is 7.68. The van der Waals surface area contributed by atoms with Crippen LogP contribution in [0.1, 0.15) is 18.9 Å². The SMILES string of the molecule is CC(CCNc1ccccc1C(N)=S)S(C)=O. The van der Waals surface area contributed by atoms with Gasteiger partial charge in [-0.3, -0.25) is 4.21 Å². The highest BCUT2D eigenvalue weighted by Gasteiger charge is 2.07. The summed E-state index contributed by atoms with van der Waals surface area (Å²) in [5.74, 6) is 0. The van der Waals surface area contributed by atoms with Crippen LogP contribution < -0.4 is 11.1 Å².